The van der Waals surface area contributed by atoms with E-state index in [4.69, 9.17) is 5.11 Å². The van der Waals surface area contributed by atoms with Crippen LogP contribution in [0.25, 0.3) is 0 Å². The molecule has 94 valence electrons. The molecule has 0 unspecified atom stereocenters. The van der Waals surface area contributed by atoms with Gasteiger partial charge in [0.1, 0.15) is 0 Å². The highest BCUT2D eigenvalue weighted by molar-refractivity contribution is 7.90. The normalized spacial score (nSPS) is 11.4. The topological polar surface area (TPSA) is 71.4 Å². The number of benzene rings is 1. The van der Waals surface area contributed by atoms with E-state index in [0.29, 0.717) is 23.3 Å². The van der Waals surface area contributed by atoms with Gasteiger partial charge in [0, 0.05) is 12.7 Å². The summed E-state index contributed by atoms with van der Waals surface area (Å²) in [5.41, 5.74) is 1.68. The Morgan fingerprint density at radius 3 is 2.53 bits per heavy atom. The Balaban J connectivity index is 2.96. The van der Waals surface area contributed by atoms with Gasteiger partial charge in [0.15, 0.2) is 9.84 Å². The first-order chi connectivity index (χ1) is 7.80. The number of aliphatic carboxylic acids is 1. The van der Waals surface area contributed by atoms with Gasteiger partial charge in [-0.3, -0.25) is 4.79 Å². The summed E-state index contributed by atoms with van der Waals surface area (Å²) in [7, 11) is -3.25. The van der Waals surface area contributed by atoms with Crippen molar-refractivity contribution < 1.29 is 18.3 Å². The summed E-state index contributed by atoms with van der Waals surface area (Å²) in [6.45, 7) is 1.88. The van der Waals surface area contributed by atoms with Gasteiger partial charge in [0.2, 0.25) is 0 Å². The molecule has 0 spiro atoms. The van der Waals surface area contributed by atoms with Crippen molar-refractivity contribution >= 4 is 15.8 Å². The maximum Gasteiger partial charge on any atom is 0.303 e. The average Bonchev–Trinajstić information content (AvgIpc) is 2.15. The van der Waals surface area contributed by atoms with E-state index in [1.807, 2.05) is 6.92 Å². The van der Waals surface area contributed by atoms with Crippen molar-refractivity contribution in [2.24, 2.45) is 0 Å². The second kappa shape index (κ2) is 5.31. The van der Waals surface area contributed by atoms with E-state index in [1.165, 1.54) is 6.26 Å². The number of carboxylic acids is 1. The fourth-order valence-electron chi connectivity index (χ4n) is 1.70. The van der Waals surface area contributed by atoms with E-state index >= 15 is 0 Å². The summed E-state index contributed by atoms with van der Waals surface area (Å²) < 4.78 is 23.1. The molecular formula is C12H16O4S. The molecule has 0 saturated heterocycles. The van der Waals surface area contributed by atoms with Gasteiger partial charge >= 0.3 is 5.97 Å². The Bertz CT molecular complexity index is 517. The molecule has 4 nitrogen and oxygen atoms in total. The van der Waals surface area contributed by atoms with Gasteiger partial charge in [0.25, 0.3) is 0 Å². The van der Waals surface area contributed by atoms with Crippen molar-refractivity contribution in [3.8, 4) is 0 Å². The quantitative estimate of drug-likeness (QED) is 0.872. The minimum absolute atomic E-state index is 0.0527. The number of rotatable bonds is 5. The van der Waals surface area contributed by atoms with Gasteiger partial charge in [-0.25, -0.2) is 8.42 Å². The van der Waals surface area contributed by atoms with Gasteiger partial charge < -0.3 is 5.11 Å². The molecule has 0 amide bonds. The van der Waals surface area contributed by atoms with Crippen LogP contribution in [-0.2, 0) is 21.1 Å². The highest BCUT2D eigenvalue weighted by Gasteiger charge is 2.13. The minimum atomic E-state index is -3.25. The molecule has 0 aliphatic carbocycles. The molecule has 0 fully saturated rings. The van der Waals surface area contributed by atoms with Crippen LogP contribution in [0.3, 0.4) is 0 Å². The van der Waals surface area contributed by atoms with Crippen LogP contribution in [0.2, 0.25) is 0 Å². The van der Waals surface area contributed by atoms with Crippen LogP contribution in [0.5, 0.6) is 0 Å². The molecule has 0 atom stereocenters. The van der Waals surface area contributed by atoms with Crippen molar-refractivity contribution in [2.75, 3.05) is 6.26 Å². The van der Waals surface area contributed by atoms with Gasteiger partial charge in [-0.2, -0.15) is 0 Å². The van der Waals surface area contributed by atoms with Crippen LogP contribution in [-0.4, -0.2) is 25.7 Å². The number of carbonyl (C=O) groups is 1. The lowest BCUT2D eigenvalue weighted by molar-refractivity contribution is -0.137. The van der Waals surface area contributed by atoms with Crippen LogP contribution in [0, 0.1) is 6.92 Å². The number of hydrogen-bond donors (Lipinski definition) is 1. The first-order valence-electron chi connectivity index (χ1n) is 5.32. The van der Waals surface area contributed by atoms with E-state index in [1.54, 1.807) is 18.2 Å². The average molecular weight is 256 g/mol. The Kier molecular flexibility index (Phi) is 4.28. The van der Waals surface area contributed by atoms with Crippen LogP contribution in [0.4, 0.5) is 0 Å². The number of hydrogen-bond acceptors (Lipinski definition) is 3. The Labute approximate surface area is 101 Å². The molecular weight excluding hydrogens is 240 g/mol. The van der Waals surface area contributed by atoms with E-state index < -0.39 is 15.8 Å². The maximum atomic E-state index is 11.5. The van der Waals surface area contributed by atoms with Gasteiger partial charge in [0.05, 0.1) is 4.90 Å². The SMILES string of the molecule is Cc1ccc(S(C)(=O)=O)c(CCCC(=O)O)c1. The largest absolute Gasteiger partial charge is 0.481 e. The lowest BCUT2D eigenvalue weighted by Gasteiger charge is -2.08. The second-order valence-electron chi connectivity index (χ2n) is 4.13. The molecule has 5 heteroatoms. The predicted molar refractivity (Wildman–Crippen MR) is 64.9 cm³/mol. The standard InChI is InChI=1S/C12H16O4S/c1-9-6-7-11(17(2,15)16)10(8-9)4-3-5-12(13)14/h6-8H,3-5H2,1-2H3,(H,13,14). The smallest absolute Gasteiger partial charge is 0.303 e. The number of aryl methyl sites for hydroxylation is 2. The third kappa shape index (κ3) is 4.19. The van der Waals surface area contributed by atoms with Crippen molar-refractivity contribution in [3.05, 3.63) is 29.3 Å². The van der Waals surface area contributed by atoms with Crippen LogP contribution < -0.4 is 0 Å². The molecule has 0 heterocycles. The second-order valence-corrected chi connectivity index (χ2v) is 6.11. The summed E-state index contributed by atoms with van der Waals surface area (Å²) in [6, 6.07) is 5.14. The molecule has 0 bridgehead atoms. The third-order valence-corrected chi connectivity index (χ3v) is 3.65. The zero-order chi connectivity index (χ0) is 13.1. The molecule has 0 aromatic heterocycles. The summed E-state index contributed by atoms with van der Waals surface area (Å²) in [5, 5.41) is 8.56. The molecule has 1 rings (SSSR count). The fourth-order valence-corrected chi connectivity index (χ4v) is 2.65. The Morgan fingerprint density at radius 1 is 1.35 bits per heavy atom. The Morgan fingerprint density at radius 2 is 2.00 bits per heavy atom. The Hall–Kier alpha value is -1.36. The zero-order valence-corrected chi connectivity index (χ0v) is 10.8. The summed E-state index contributed by atoms with van der Waals surface area (Å²) in [5.74, 6) is -0.862. The van der Waals surface area contributed by atoms with E-state index in [-0.39, 0.29) is 6.42 Å². The fraction of sp³-hybridized carbons (Fsp3) is 0.417. The van der Waals surface area contributed by atoms with Crippen LogP contribution in [0.1, 0.15) is 24.0 Å². The summed E-state index contributed by atoms with van der Waals surface area (Å²) in [6.07, 6.45) is 2.13. The molecule has 1 aromatic carbocycles. The highest BCUT2D eigenvalue weighted by Crippen LogP contribution is 2.19. The monoisotopic (exact) mass is 256 g/mol. The van der Waals surface area contributed by atoms with Crippen LogP contribution >= 0.6 is 0 Å². The highest BCUT2D eigenvalue weighted by atomic mass is 32.2. The van der Waals surface area contributed by atoms with Crippen molar-refractivity contribution in [1.29, 1.82) is 0 Å². The molecule has 0 radical (unpaired) electrons. The maximum absolute atomic E-state index is 11.5. The first kappa shape index (κ1) is 13.7. The number of carboxylic acid groups (broad SMARTS) is 1. The van der Waals surface area contributed by atoms with Crippen molar-refractivity contribution in [1.82, 2.24) is 0 Å². The van der Waals surface area contributed by atoms with E-state index in [0.717, 1.165) is 5.56 Å². The number of sulfone groups is 1. The third-order valence-electron chi connectivity index (χ3n) is 2.45. The van der Waals surface area contributed by atoms with Gasteiger partial charge in [-0.05, 0) is 31.4 Å². The van der Waals surface area contributed by atoms with E-state index in [2.05, 4.69) is 0 Å². The molecule has 0 saturated carbocycles. The molecule has 1 N–H and O–H groups in total. The van der Waals surface area contributed by atoms with Crippen molar-refractivity contribution in [3.63, 3.8) is 0 Å². The molecule has 0 aliphatic heterocycles. The summed E-state index contributed by atoms with van der Waals surface area (Å²) in [4.78, 5) is 10.7. The van der Waals surface area contributed by atoms with Gasteiger partial charge in [-0.1, -0.05) is 17.7 Å². The minimum Gasteiger partial charge on any atom is -0.481 e. The van der Waals surface area contributed by atoms with Crippen molar-refractivity contribution in [2.45, 2.75) is 31.1 Å². The predicted octanol–water partition coefficient (Wildman–Crippen LogP) is 1.81. The zero-order valence-electron chi connectivity index (χ0n) is 9.93. The summed E-state index contributed by atoms with van der Waals surface area (Å²) >= 11 is 0. The van der Waals surface area contributed by atoms with Crippen LogP contribution in [0.15, 0.2) is 23.1 Å². The molecule has 0 aliphatic rings. The lowest BCUT2D eigenvalue weighted by atomic mass is 10.1. The van der Waals surface area contributed by atoms with Gasteiger partial charge in [-0.15, -0.1) is 0 Å². The van der Waals surface area contributed by atoms with E-state index in [9.17, 15) is 13.2 Å². The lowest BCUT2D eigenvalue weighted by Crippen LogP contribution is -2.04. The first-order valence-corrected chi connectivity index (χ1v) is 7.21. The molecule has 1 aromatic rings. The molecule has 17 heavy (non-hydrogen) atoms.